The van der Waals surface area contributed by atoms with Crippen molar-refractivity contribution in [3.8, 4) is 5.88 Å². The van der Waals surface area contributed by atoms with Gasteiger partial charge in [0.25, 0.3) is 10.2 Å². The number of pyridine rings is 1. The molecule has 0 spiro atoms. The summed E-state index contributed by atoms with van der Waals surface area (Å²) in [5, 5.41) is 9.48. The molecule has 1 fully saturated rings. The molecule has 0 unspecified atom stereocenters. The van der Waals surface area contributed by atoms with E-state index >= 15 is 0 Å². The lowest BCUT2D eigenvalue weighted by molar-refractivity contribution is 0.0277. The number of aliphatic hydroxyl groups is 1. The minimum atomic E-state index is -3.56. The molecule has 7 nitrogen and oxygen atoms in total. The summed E-state index contributed by atoms with van der Waals surface area (Å²) in [6.07, 6.45) is 2.40. The van der Waals surface area contributed by atoms with Gasteiger partial charge in [-0.05, 0) is 24.3 Å². The van der Waals surface area contributed by atoms with E-state index < -0.39 is 16.3 Å². The van der Waals surface area contributed by atoms with E-state index in [1.165, 1.54) is 21.2 Å². The quantitative estimate of drug-likeness (QED) is 0.788. The van der Waals surface area contributed by atoms with Crippen molar-refractivity contribution in [3.63, 3.8) is 0 Å². The zero-order valence-electron chi connectivity index (χ0n) is 12.4. The van der Waals surface area contributed by atoms with Gasteiger partial charge in [0.05, 0.1) is 19.3 Å². The Kier molecular flexibility index (Phi) is 4.82. The average Bonchev–Trinajstić information content (AvgIpc) is 2.42. The van der Waals surface area contributed by atoms with Crippen molar-refractivity contribution in [3.05, 3.63) is 23.9 Å². The van der Waals surface area contributed by atoms with E-state index in [4.69, 9.17) is 4.74 Å². The zero-order valence-corrected chi connectivity index (χ0v) is 13.2. The summed E-state index contributed by atoms with van der Waals surface area (Å²) < 4.78 is 33.0. The first-order valence-corrected chi connectivity index (χ1v) is 8.15. The van der Waals surface area contributed by atoms with Crippen LogP contribution in [0.4, 0.5) is 0 Å². The molecule has 0 saturated heterocycles. The second-order valence-corrected chi connectivity index (χ2v) is 7.32. The first-order valence-electron chi connectivity index (χ1n) is 6.71. The van der Waals surface area contributed by atoms with Gasteiger partial charge in [0.15, 0.2) is 0 Å². The highest BCUT2D eigenvalue weighted by atomic mass is 32.2. The van der Waals surface area contributed by atoms with E-state index in [2.05, 4.69) is 9.71 Å². The van der Waals surface area contributed by atoms with Gasteiger partial charge in [-0.25, -0.2) is 4.98 Å². The maximum Gasteiger partial charge on any atom is 0.279 e. The van der Waals surface area contributed by atoms with Gasteiger partial charge in [-0.3, -0.25) is 0 Å². The predicted molar refractivity (Wildman–Crippen MR) is 78.0 cm³/mol. The first-order chi connectivity index (χ1) is 9.83. The highest BCUT2D eigenvalue weighted by molar-refractivity contribution is 7.87. The fraction of sp³-hybridized carbons (Fsp3) is 0.615. The van der Waals surface area contributed by atoms with Gasteiger partial charge in [0.1, 0.15) is 0 Å². The molecule has 1 aliphatic carbocycles. The van der Waals surface area contributed by atoms with Crippen LogP contribution < -0.4 is 9.46 Å². The molecule has 0 aliphatic heterocycles. The molecule has 1 aromatic heterocycles. The van der Waals surface area contributed by atoms with Crippen molar-refractivity contribution >= 4 is 10.2 Å². The minimum Gasteiger partial charge on any atom is -0.481 e. The van der Waals surface area contributed by atoms with Gasteiger partial charge in [-0.15, -0.1) is 0 Å². The van der Waals surface area contributed by atoms with Crippen LogP contribution in [0.2, 0.25) is 0 Å². The van der Waals surface area contributed by atoms with Crippen LogP contribution in [0.5, 0.6) is 5.88 Å². The Hall–Kier alpha value is -1.22. The molecule has 2 rings (SSSR count). The van der Waals surface area contributed by atoms with Gasteiger partial charge >= 0.3 is 0 Å². The molecule has 1 saturated carbocycles. The molecule has 1 aliphatic rings. The Morgan fingerprint density at radius 2 is 2.10 bits per heavy atom. The van der Waals surface area contributed by atoms with Crippen molar-refractivity contribution in [2.45, 2.75) is 25.0 Å². The van der Waals surface area contributed by atoms with Crippen molar-refractivity contribution in [2.75, 3.05) is 21.2 Å². The Labute approximate surface area is 125 Å². The van der Waals surface area contributed by atoms with E-state index in [1.807, 2.05) is 0 Å². The number of ether oxygens (including phenoxy) is 1. The van der Waals surface area contributed by atoms with Gasteiger partial charge in [-0.1, -0.05) is 6.07 Å². The molecule has 21 heavy (non-hydrogen) atoms. The molecular weight excluding hydrogens is 294 g/mol. The monoisotopic (exact) mass is 315 g/mol. The van der Waals surface area contributed by atoms with E-state index in [0.29, 0.717) is 18.7 Å². The smallest absolute Gasteiger partial charge is 0.279 e. The standard InChI is InChI=1S/C13H21N3O4S/c1-16(2)21(18,19)15-13(10-6-11(17)7-10)9-4-5-12(20-3)14-8-9/h4-5,8,10-11,13,15,17H,6-7H2,1-3H3/t10?,11?,13-/m1/s1. The van der Waals surface area contributed by atoms with Crippen LogP contribution in [0.15, 0.2) is 18.3 Å². The fourth-order valence-corrected chi connectivity index (χ4v) is 3.16. The SMILES string of the molecule is COc1ccc([C@@H](NS(=O)(=O)N(C)C)C2CC(O)C2)cn1. The van der Waals surface area contributed by atoms with Gasteiger partial charge in [-0.2, -0.15) is 17.4 Å². The molecule has 1 heterocycles. The van der Waals surface area contributed by atoms with Crippen molar-refractivity contribution < 1.29 is 18.3 Å². The van der Waals surface area contributed by atoms with Crippen molar-refractivity contribution in [2.24, 2.45) is 5.92 Å². The summed E-state index contributed by atoms with van der Waals surface area (Å²) >= 11 is 0. The zero-order chi connectivity index (χ0) is 15.6. The fourth-order valence-electron chi connectivity index (χ4n) is 2.30. The Balaban J connectivity index is 2.23. The van der Waals surface area contributed by atoms with Crippen LogP contribution in [0, 0.1) is 5.92 Å². The number of aliphatic hydroxyl groups excluding tert-OH is 1. The predicted octanol–water partition coefficient (Wildman–Crippen LogP) is 0.298. The second kappa shape index (κ2) is 6.27. The van der Waals surface area contributed by atoms with E-state index in [-0.39, 0.29) is 12.0 Å². The maximum absolute atomic E-state index is 12.1. The Morgan fingerprint density at radius 3 is 2.52 bits per heavy atom. The lowest BCUT2D eigenvalue weighted by atomic mass is 9.76. The number of rotatable bonds is 6. The van der Waals surface area contributed by atoms with Crippen LogP contribution in [0.1, 0.15) is 24.4 Å². The van der Waals surface area contributed by atoms with E-state index in [9.17, 15) is 13.5 Å². The van der Waals surface area contributed by atoms with E-state index in [0.717, 1.165) is 9.87 Å². The maximum atomic E-state index is 12.1. The lowest BCUT2D eigenvalue weighted by Crippen LogP contribution is -2.45. The Bertz CT molecular complexity index is 568. The summed E-state index contributed by atoms with van der Waals surface area (Å²) in [5.74, 6) is 0.534. The number of nitrogens with zero attached hydrogens (tertiary/aromatic N) is 2. The van der Waals surface area contributed by atoms with Gasteiger partial charge in [0, 0.05) is 26.4 Å². The average molecular weight is 315 g/mol. The Morgan fingerprint density at radius 1 is 1.43 bits per heavy atom. The molecule has 0 amide bonds. The van der Waals surface area contributed by atoms with Crippen LogP contribution in [0.25, 0.3) is 0 Å². The summed E-state index contributed by atoms with van der Waals surface area (Å²) in [6, 6.07) is 3.08. The van der Waals surface area contributed by atoms with Crippen molar-refractivity contribution in [1.82, 2.24) is 14.0 Å². The van der Waals surface area contributed by atoms with Crippen LogP contribution >= 0.6 is 0 Å². The normalized spacial score (nSPS) is 23.7. The van der Waals surface area contributed by atoms with Gasteiger partial charge in [0.2, 0.25) is 5.88 Å². The van der Waals surface area contributed by atoms with Crippen molar-refractivity contribution in [1.29, 1.82) is 0 Å². The lowest BCUT2D eigenvalue weighted by Gasteiger charge is -2.38. The summed E-state index contributed by atoms with van der Waals surface area (Å²) in [7, 11) is 0.914. The van der Waals surface area contributed by atoms with Crippen LogP contribution in [0.3, 0.4) is 0 Å². The number of hydrogen-bond donors (Lipinski definition) is 2. The summed E-state index contributed by atoms with van der Waals surface area (Å²) in [5.41, 5.74) is 0.762. The third-order valence-electron chi connectivity index (χ3n) is 3.71. The molecule has 2 N–H and O–H groups in total. The molecule has 0 bridgehead atoms. The molecule has 0 radical (unpaired) electrons. The first kappa shape index (κ1) is 16.2. The third kappa shape index (κ3) is 3.70. The van der Waals surface area contributed by atoms with Crippen LogP contribution in [-0.2, 0) is 10.2 Å². The highest BCUT2D eigenvalue weighted by Crippen LogP contribution is 2.38. The molecule has 1 atom stereocenters. The van der Waals surface area contributed by atoms with Gasteiger partial charge < -0.3 is 9.84 Å². The molecule has 1 aromatic rings. The summed E-state index contributed by atoms with van der Waals surface area (Å²) in [6.45, 7) is 0. The number of nitrogens with one attached hydrogen (secondary N) is 1. The summed E-state index contributed by atoms with van der Waals surface area (Å²) in [4.78, 5) is 4.12. The molecule has 8 heteroatoms. The molecule has 118 valence electrons. The highest BCUT2D eigenvalue weighted by Gasteiger charge is 2.37. The number of methoxy groups -OCH3 is 1. The minimum absolute atomic E-state index is 0.0601. The largest absolute Gasteiger partial charge is 0.481 e. The topological polar surface area (TPSA) is 91.8 Å². The number of aromatic nitrogens is 1. The third-order valence-corrected chi connectivity index (χ3v) is 5.22. The van der Waals surface area contributed by atoms with E-state index in [1.54, 1.807) is 18.3 Å². The van der Waals surface area contributed by atoms with Crippen LogP contribution in [-0.4, -0.2) is 50.1 Å². The second-order valence-electron chi connectivity index (χ2n) is 5.40. The number of hydrogen-bond acceptors (Lipinski definition) is 5. The molecule has 0 aromatic carbocycles. The molecular formula is C13H21N3O4S.